The first-order chi connectivity index (χ1) is 18.9. The number of carboxylic acid groups (broad SMARTS) is 1. The normalized spacial score (nSPS) is 22.2. The summed E-state index contributed by atoms with van der Waals surface area (Å²) in [5, 5.41) is 20.0. The number of benzene rings is 2. The van der Waals surface area contributed by atoms with Gasteiger partial charge in [0, 0.05) is 38.0 Å². The molecule has 0 aromatic heterocycles. The predicted octanol–water partition coefficient (Wildman–Crippen LogP) is 5.59. The fourth-order valence-electron chi connectivity index (χ4n) is 5.97. The van der Waals surface area contributed by atoms with Crippen LogP contribution in [-0.2, 0) is 4.79 Å². The lowest BCUT2D eigenvalue weighted by molar-refractivity contribution is -0.145. The molecule has 5 nitrogen and oxygen atoms in total. The lowest BCUT2D eigenvalue weighted by atomic mass is 9.83. The minimum absolute atomic E-state index is 0.265. The third-order valence-corrected chi connectivity index (χ3v) is 8.26. The maximum absolute atomic E-state index is 11.8. The van der Waals surface area contributed by atoms with E-state index in [-0.39, 0.29) is 6.04 Å². The highest BCUT2D eigenvalue weighted by atomic mass is 19.1. The van der Waals surface area contributed by atoms with Crippen molar-refractivity contribution < 1.29 is 19.4 Å². The number of nitrogens with zero attached hydrogens (tertiary/aromatic N) is 2. The Morgan fingerprint density at radius 3 is 2.10 bits per heavy atom. The second-order valence-corrected chi connectivity index (χ2v) is 11.0. The van der Waals surface area contributed by atoms with Crippen molar-refractivity contribution in [2.24, 2.45) is 5.92 Å². The third-order valence-electron chi connectivity index (χ3n) is 8.26. The van der Waals surface area contributed by atoms with E-state index in [1.54, 1.807) is 0 Å². The number of halogens is 1. The van der Waals surface area contributed by atoms with Gasteiger partial charge >= 0.3 is 5.97 Å². The molecule has 6 heteroatoms. The molecule has 2 saturated heterocycles. The molecule has 3 aliphatic rings. The first-order valence-corrected chi connectivity index (χ1v) is 14.3. The summed E-state index contributed by atoms with van der Waals surface area (Å²) in [6.45, 7) is 3.66. The first-order valence-electron chi connectivity index (χ1n) is 14.3. The van der Waals surface area contributed by atoms with E-state index >= 15 is 0 Å². The van der Waals surface area contributed by atoms with Gasteiger partial charge in [0.1, 0.15) is 11.6 Å². The lowest BCUT2D eigenvalue weighted by Crippen LogP contribution is -2.45. The van der Waals surface area contributed by atoms with Gasteiger partial charge in [0.15, 0.2) is 0 Å². The summed E-state index contributed by atoms with van der Waals surface area (Å²) in [6.07, 6.45) is 8.41. The molecule has 0 amide bonds. The second kappa shape index (κ2) is 15.8. The van der Waals surface area contributed by atoms with Crippen LogP contribution < -0.4 is 0 Å². The van der Waals surface area contributed by atoms with Gasteiger partial charge in [-0.1, -0.05) is 79.6 Å². The van der Waals surface area contributed by atoms with Crippen LogP contribution in [0.5, 0.6) is 0 Å². The molecule has 2 unspecified atom stereocenters. The molecular formula is C33H45FN2O3. The van der Waals surface area contributed by atoms with Crippen LogP contribution in [0.1, 0.15) is 68.4 Å². The number of carbonyl (C=O) groups is 1. The Labute approximate surface area is 234 Å². The Balaban J connectivity index is 0.000000210. The molecule has 0 bridgehead atoms. The molecule has 3 fully saturated rings. The number of piperidine rings is 1. The van der Waals surface area contributed by atoms with Crippen LogP contribution in [-0.4, -0.2) is 78.0 Å². The van der Waals surface area contributed by atoms with Gasteiger partial charge in [-0.2, -0.15) is 0 Å². The van der Waals surface area contributed by atoms with Crippen molar-refractivity contribution in [2.45, 2.75) is 68.9 Å². The maximum atomic E-state index is 11.8. The highest BCUT2D eigenvalue weighted by Gasteiger charge is 2.38. The summed E-state index contributed by atoms with van der Waals surface area (Å²) in [4.78, 5) is 16.2. The monoisotopic (exact) mass is 536 g/mol. The van der Waals surface area contributed by atoms with E-state index in [1.807, 2.05) is 36.4 Å². The van der Waals surface area contributed by atoms with E-state index in [1.165, 1.54) is 24.8 Å². The van der Waals surface area contributed by atoms with Crippen LogP contribution in [0, 0.1) is 17.8 Å². The van der Waals surface area contributed by atoms with Crippen molar-refractivity contribution in [3.63, 3.8) is 0 Å². The summed E-state index contributed by atoms with van der Waals surface area (Å²) in [5.41, 5.74) is 1.53. The molecule has 2 heterocycles. The van der Waals surface area contributed by atoms with Gasteiger partial charge in [-0.3, -0.25) is 14.1 Å². The average molecular weight is 537 g/mol. The molecule has 1 saturated carbocycles. The molecule has 2 atom stereocenters. The fraction of sp³-hybridized carbons (Fsp3) is 0.545. The summed E-state index contributed by atoms with van der Waals surface area (Å²) in [5.74, 6) is 6.30. The van der Waals surface area contributed by atoms with E-state index in [0.29, 0.717) is 19.0 Å². The van der Waals surface area contributed by atoms with Gasteiger partial charge in [0.25, 0.3) is 0 Å². The minimum Gasteiger partial charge on any atom is -0.480 e. The quantitative estimate of drug-likeness (QED) is 0.499. The fourth-order valence-corrected chi connectivity index (χ4v) is 5.97. The molecule has 5 rings (SSSR count). The topological polar surface area (TPSA) is 64.0 Å². The molecule has 212 valence electrons. The van der Waals surface area contributed by atoms with E-state index in [9.17, 15) is 19.4 Å². The van der Waals surface area contributed by atoms with Crippen molar-refractivity contribution in [1.29, 1.82) is 0 Å². The number of carboxylic acids is 1. The van der Waals surface area contributed by atoms with Crippen LogP contribution in [0.4, 0.5) is 4.39 Å². The molecule has 2 aromatic carbocycles. The van der Waals surface area contributed by atoms with Gasteiger partial charge in [0.2, 0.25) is 0 Å². The van der Waals surface area contributed by atoms with Crippen molar-refractivity contribution in [1.82, 2.24) is 9.80 Å². The summed E-state index contributed by atoms with van der Waals surface area (Å²) >= 11 is 0. The number of alkyl halides is 1. The van der Waals surface area contributed by atoms with Gasteiger partial charge in [-0.05, 0) is 62.4 Å². The molecule has 1 aliphatic carbocycles. The Kier molecular flexibility index (Phi) is 12.5. The van der Waals surface area contributed by atoms with Crippen molar-refractivity contribution >= 4 is 5.97 Å². The molecule has 0 radical (unpaired) electrons. The number of hydrogen-bond donors (Lipinski definition) is 2. The Hall–Kier alpha value is -2.72. The average Bonchev–Trinajstić information content (AvgIpc) is 3.46. The minimum atomic E-state index is -0.789. The number of hydrogen-bond acceptors (Lipinski definition) is 4. The Morgan fingerprint density at radius 1 is 0.923 bits per heavy atom. The molecule has 2 aliphatic heterocycles. The number of likely N-dealkylation sites (tertiary alicyclic amines) is 2. The summed E-state index contributed by atoms with van der Waals surface area (Å²) in [7, 11) is 2.57. The lowest BCUT2D eigenvalue weighted by Gasteiger charge is -2.33. The maximum Gasteiger partial charge on any atom is 0.321 e. The number of rotatable bonds is 4. The van der Waals surface area contributed by atoms with Crippen LogP contribution in [0.25, 0.3) is 0 Å². The van der Waals surface area contributed by atoms with Crippen LogP contribution >= 0.6 is 0 Å². The molecule has 2 N–H and O–H groups in total. The highest BCUT2D eigenvalue weighted by Crippen LogP contribution is 2.34. The first kappa shape index (κ1) is 30.8. The molecule has 39 heavy (non-hydrogen) atoms. The van der Waals surface area contributed by atoms with Gasteiger partial charge in [-0.15, -0.1) is 0 Å². The largest absolute Gasteiger partial charge is 0.480 e. The molecule has 2 aromatic rings. The van der Waals surface area contributed by atoms with Crippen molar-refractivity contribution in [2.75, 3.05) is 40.4 Å². The highest BCUT2D eigenvalue weighted by molar-refractivity contribution is 5.74. The van der Waals surface area contributed by atoms with Crippen LogP contribution in [0.2, 0.25) is 0 Å². The van der Waals surface area contributed by atoms with Gasteiger partial charge in [0.05, 0.1) is 7.18 Å². The van der Waals surface area contributed by atoms with E-state index in [0.717, 1.165) is 63.8 Å². The smallest absolute Gasteiger partial charge is 0.321 e. The number of aliphatic carboxylic acids is 1. The van der Waals surface area contributed by atoms with Crippen molar-refractivity contribution in [3.8, 4) is 11.8 Å². The van der Waals surface area contributed by atoms with Crippen LogP contribution in [0.3, 0.4) is 0 Å². The van der Waals surface area contributed by atoms with E-state index in [2.05, 4.69) is 53.0 Å². The summed E-state index contributed by atoms with van der Waals surface area (Å²) < 4.78 is 9.50. The zero-order valence-corrected chi connectivity index (χ0v) is 23.6. The Bertz CT molecular complexity index is 1040. The Morgan fingerprint density at radius 2 is 1.51 bits per heavy atom. The summed E-state index contributed by atoms with van der Waals surface area (Å²) in [6, 6.07) is 20.1. The van der Waals surface area contributed by atoms with Crippen LogP contribution in [0.15, 0.2) is 60.7 Å². The standard InChI is InChI=1S/C18H25NO2.C14H17NO.CH3F/c20-18(21)17(15-9-5-2-6-10-15)19-12-11-16(13-19)14-7-3-1-4-8-14;1-15-11-9-14(16,10-12-15)8-7-13-5-3-2-4-6-13;1-2/h1,3-4,7-8,15-17H,2,5-6,9-13H2,(H,20,21);2-6,16H,9-12H2,1H3;1H3. The van der Waals surface area contributed by atoms with Gasteiger partial charge < -0.3 is 15.1 Å². The van der Waals surface area contributed by atoms with Crippen molar-refractivity contribution in [3.05, 3.63) is 71.8 Å². The zero-order valence-electron chi connectivity index (χ0n) is 23.6. The second-order valence-electron chi connectivity index (χ2n) is 11.0. The molecule has 0 spiro atoms. The zero-order chi connectivity index (χ0) is 28.1. The van der Waals surface area contributed by atoms with Gasteiger partial charge in [-0.25, -0.2) is 0 Å². The number of aliphatic hydroxyl groups is 1. The third kappa shape index (κ3) is 9.46. The van der Waals surface area contributed by atoms with E-state index in [4.69, 9.17) is 0 Å². The SMILES string of the molecule is CF.CN1CCC(O)(C#Cc2ccccc2)CC1.O=C(O)C(C1CCCCC1)N1CCC(c2ccccc2)C1. The van der Waals surface area contributed by atoms with E-state index < -0.39 is 11.6 Å². The molecular weight excluding hydrogens is 491 g/mol. The predicted molar refractivity (Wildman–Crippen MR) is 155 cm³/mol.